The second kappa shape index (κ2) is 10.3. The molecule has 0 amide bonds. The van der Waals surface area contributed by atoms with E-state index in [0.717, 1.165) is 11.8 Å². The van der Waals surface area contributed by atoms with Gasteiger partial charge >= 0.3 is 0 Å². The second-order valence-corrected chi connectivity index (χ2v) is 7.65. The van der Waals surface area contributed by atoms with Crippen LogP contribution in [0.3, 0.4) is 0 Å². The van der Waals surface area contributed by atoms with E-state index in [1.807, 2.05) is 0 Å². The Labute approximate surface area is 164 Å². The zero-order valence-corrected chi connectivity index (χ0v) is 16.6. The average Bonchev–Trinajstić information content (AvgIpc) is 2.73. The number of ether oxygens (including phenoxy) is 1. The Hall–Kier alpha value is -2.12. The van der Waals surface area contributed by atoms with E-state index in [0.29, 0.717) is 13.2 Å². The van der Waals surface area contributed by atoms with Crippen LogP contribution >= 0.6 is 0 Å². The Morgan fingerprint density at radius 1 is 0.926 bits per heavy atom. The number of hydrogen-bond donors (Lipinski definition) is 0. The number of hydrogen-bond acceptors (Lipinski definition) is 1. The van der Waals surface area contributed by atoms with Crippen molar-refractivity contribution in [1.82, 2.24) is 0 Å². The van der Waals surface area contributed by atoms with Crippen molar-refractivity contribution in [3.05, 3.63) is 84.5 Å². The van der Waals surface area contributed by atoms with Gasteiger partial charge in [-0.25, -0.2) is 0 Å². The summed E-state index contributed by atoms with van der Waals surface area (Å²) < 4.78 is 5.50. The summed E-state index contributed by atoms with van der Waals surface area (Å²) in [6.07, 6.45) is 13.0. The van der Waals surface area contributed by atoms with Crippen LogP contribution in [0.4, 0.5) is 0 Å². The summed E-state index contributed by atoms with van der Waals surface area (Å²) in [7, 11) is 0. The highest BCUT2D eigenvalue weighted by molar-refractivity contribution is 5.64. The number of rotatable bonds is 8. The molecule has 1 fully saturated rings. The molecule has 3 rings (SSSR count). The molecule has 27 heavy (non-hydrogen) atoms. The summed E-state index contributed by atoms with van der Waals surface area (Å²) in [5.41, 5.74) is 5.27. The van der Waals surface area contributed by atoms with Gasteiger partial charge in [-0.3, -0.25) is 0 Å². The first-order valence-electron chi connectivity index (χ1n) is 10.3. The van der Waals surface area contributed by atoms with Crippen LogP contribution in [0.5, 0.6) is 0 Å². The minimum absolute atomic E-state index is 0.598. The molecule has 1 aliphatic carbocycles. The summed E-state index contributed by atoms with van der Waals surface area (Å²) in [4.78, 5) is 0. The quantitative estimate of drug-likeness (QED) is 0.354. The molecule has 0 N–H and O–H groups in total. The van der Waals surface area contributed by atoms with Crippen LogP contribution < -0.4 is 0 Å². The summed E-state index contributed by atoms with van der Waals surface area (Å²) in [6, 6.07) is 17.9. The molecule has 0 aliphatic heterocycles. The molecule has 1 aliphatic rings. The van der Waals surface area contributed by atoms with Crippen molar-refractivity contribution in [3.8, 4) is 11.1 Å². The third kappa shape index (κ3) is 5.68. The summed E-state index contributed by atoms with van der Waals surface area (Å²) in [5, 5.41) is 0. The molecule has 1 nitrogen and oxygen atoms in total. The Bertz CT molecular complexity index is 716. The molecule has 0 atom stereocenters. The maximum absolute atomic E-state index is 5.50. The van der Waals surface area contributed by atoms with E-state index in [1.165, 1.54) is 54.4 Å². The third-order valence-electron chi connectivity index (χ3n) is 5.73. The summed E-state index contributed by atoms with van der Waals surface area (Å²) in [5.74, 6) is 1.64. The highest BCUT2D eigenvalue weighted by atomic mass is 16.5. The highest BCUT2D eigenvalue weighted by Gasteiger charge is 2.21. The van der Waals surface area contributed by atoms with Gasteiger partial charge in [0.2, 0.25) is 0 Å². The Morgan fingerprint density at radius 3 is 2.15 bits per heavy atom. The van der Waals surface area contributed by atoms with Crippen LogP contribution in [0, 0.1) is 5.92 Å². The molecule has 2 aromatic carbocycles. The van der Waals surface area contributed by atoms with Gasteiger partial charge in [-0.2, -0.15) is 0 Å². The molecule has 1 heteroatoms. The van der Waals surface area contributed by atoms with E-state index < -0.39 is 0 Å². The lowest BCUT2D eigenvalue weighted by Gasteiger charge is -2.28. The van der Waals surface area contributed by atoms with Crippen molar-refractivity contribution >= 4 is 0 Å². The monoisotopic (exact) mass is 360 g/mol. The van der Waals surface area contributed by atoms with Crippen molar-refractivity contribution in [2.75, 3.05) is 6.61 Å². The van der Waals surface area contributed by atoms with Crippen molar-refractivity contribution < 1.29 is 4.74 Å². The zero-order valence-electron chi connectivity index (χ0n) is 16.6. The van der Waals surface area contributed by atoms with Crippen molar-refractivity contribution in [3.63, 3.8) is 0 Å². The maximum Gasteiger partial charge on any atom is 0.0721 e. The van der Waals surface area contributed by atoms with E-state index in [2.05, 4.69) is 74.2 Å². The first-order valence-corrected chi connectivity index (χ1v) is 10.3. The lowest BCUT2D eigenvalue weighted by Crippen LogP contribution is -2.12. The first-order chi connectivity index (χ1) is 13.3. The normalized spacial score (nSPS) is 20.0. The fourth-order valence-electron chi connectivity index (χ4n) is 4.06. The molecule has 1 saturated carbocycles. The largest absolute Gasteiger partial charge is 0.373 e. The lowest BCUT2D eigenvalue weighted by atomic mass is 9.77. The topological polar surface area (TPSA) is 9.23 Å². The first kappa shape index (κ1) is 19.6. The van der Waals surface area contributed by atoms with Gasteiger partial charge in [0.25, 0.3) is 0 Å². The van der Waals surface area contributed by atoms with Gasteiger partial charge in [0.15, 0.2) is 0 Å². The molecule has 0 spiro atoms. The fraction of sp³-hybridized carbons (Fsp3) is 0.385. The smallest absolute Gasteiger partial charge is 0.0721 e. The standard InChI is InChI=1S/C26H32O/c1-3-5-6-21-7-11-23(12-8-21)25-15-17-26(18-16-25)24-13-9-22(10-14-24)20-27-19-4-2/h3-5,9-10,13-18,21,23H,2,6-8,11-12,19-20H2,1H3/b5-3+. The molecule has 0 bridgehead atoms. The molecule has 142 valence electrons. The van der Waals surface area contributed by atoms with Gasteiger partial charge in [0, 0.05) is 0 Å². The average molecular weight is 361 g/mol. The molecule has 0 aromatic heterocycles. The van der Waals surface area contributed by atoms with Crippen molar-refractivity contribution in [2.45, 2.75) is 51.6 Å². The molecular formula is C26H32O. The minimum Gasteiger partial charge on any atom is -0.373 e. The van der Waals surface area contributed by atoms with E-state index in [-0.39, 0.29) is 0 Å². The Balaban J connectivity index is 1.56. The van der Waals surface area contributed by atoms with Gasteiger partial charge < -0.3 is 4.74 Å². The molecule has 0 unspecified atom stereocenters. The van der Waals surface area contributed by atoms with E-state index >= 15 is 0 Å². The Kier molecular flexibility index (Phi) is 7.47. The van der Waals surface area contributed by atoms with Crippen LogP contribution in [-0.2, 0) is 11.3 Å². The predicted octanol–water partition coefficient (Wildman–Crippen LogP) is 7.30. The van der Waals surface area contributed by atoms with Crippen molar-refractivity contribution in [1.29, 1.82) is 0 Å². The van der Waals surface area contributed by atoms with Crippen LogP contribution in [0.25, 0.3) is 11.1 Å². The van der Waals surface area contributed by atoms with E-state index in [4.69, 9.17) is 4.74 Å². The summed E-state index contributed by atoms with van der Waals surface area (Å²) in [6.45, 7) is 7.04. The molecule has 2 aromatic rings. The molecule has 0 heterocycles. The summed E-state index contributed by atoms with van der Waals surface area (Å²) >= 11 is 0. The fourth-order valence-corrected chi connectivity index (χ4v) is 4.06. The van der Waals surface area contributed by atoms with Crippen molar-refractivity contribution in [2.24, 2.45) is 5.92 Å². The predicted molar refractivity (Wildman–Crippen MR) is 116 cm³/mol. The second-order valence-electron chi connectivity index (χ2n) is 7.65. The maximum atomic E-state index is 5.50. The number of allylic oxidation sites excluding steroid dienone is 2. The van der Waals surface area contributed by atoms with Crippen LogP contribution in [0.1, 0.15) is 56.1 Å². The van der Waals surface area contributed by atoms with Crippen LogP contribution in [-0.4, -0.2) is 6.61 Å². The van der Waals surface area contributed by atoms with Gasteiger partial charge in [-0.05, 0) is 73.1 Å². The van der Waals surface area contributed by atoms with Crippen LogP contribution in [0.15, 0.2) is 73.3 Å². The van der Waals surface area contributed by atoms with Gasteiger partial charge in [-0.15, -0.1) is 6.58 Å². The minimum atomic E-state index is 0.598. The SMILES string of the molecule is C=CCOCc1ccc(-c2ccc(C3CCC(C/C=C/C)CC3)cc2)cc1. The zero-order chi connectivity index (χ0) is 18.9. The van der Waals surface area contributed by atoms with Gasteiger partial charge in [0.1, 0.15) is 0 Å². The third-order valence-corrected chi connectivity index (χ3v) is 5.73. The van der Waals surface area contributed by atoms with E-state index in [1.54, 1.807) is 6.08 Å². The molecule has 0 saturated heterocycles. The van der Waals surface area contributed by atoms with E-state index in [9.17, 15) is 0 Å². The van der Waals surface area contributed by atoms with Gasteiger partial charge in [-0.1, -0.05) is 66.8 Å². The molecular weight excluding hydrogens is 328 g/mol. The number of benzene rings is 2. The highest BCUT2D eigenvalue weighted by Crippen LogP contribution is 2.37. The molecule has 0 radical (unpaired) electrons. The Morgan fingerprint density at radius 2 is 1.56 bits per heavy atom. The lowest BCUT2D eigenvalue weighted by molar-refractivity contribution is 0.149. The van der Waals surface area contributed by atoms with Crippen LogP contribution in [0.2, 0.25) is 0 Å². The van der Waals surface area contributed by atoms with Gasteiger partial charge in [0.05, 0.1) is 13.2 Å².